The number of hydrogen-bond donors (Lipinski definition) is 1. The second-order valence-electron chi connectivity index (χ2n) is 11.1. The first-order valence-corrected chi connectivity index (χ1v) is 17.8. The maximum absolute atomic E-state index is 14.6. The van der Waals surface area contributed by atoms with Crippen molar-refractivity contribution in [3.05, 3.63) is 128 Å². The van der Waals surface area contributed by atoms with Crippen molar-refractivity contribution < 1.29 is 18.0 Å². The number of hydrogen-bond acceptors (Lipinski definition) is 4. The predicted octanol–water partition coefficient (Wildman–Crippen LogP) is 7.81. The highest BCUT2D eigenvalue weighted by Crippen LogP contribution is 2.31. The van der Waals surface area contributed by atoms with E-state index in [4.69, 9.17) is 23.2 Å². The van der Waals surface area contributed by atoms with Crippen LogP contribution in [0.3, 0.4) is 0 Å². The van der Waals surface area contributed by atoms with Gasteiger partial charge >= 0.3 is 0 Å². The van der Waals surface area contributed by atoms with Gasteiger partial charge in [-0.1, -0.05) is 106 Å². The minimum atomic E-state index is -4.26. The Kier molecular flexibility index (Phi) is 12.3. The summed E-state index contributed by atoms with van der Waals surface area (Å²) >= 11 is 16.0. The molecule has 0 spiro atoms. The second kappa shape index (κ2) is 16.0. The molecular weight excluding hydrogens is 709 g/mol. The molecule has 4 rings (SSSR count). The van der Waals surface area contributed by atoms with Crippen LogP contribution < -0.4 is 9.62 Å². The molecule has 2 amide bonds. The minimum Gasteiger partial charge on any atom is -0.352 e. The van der Waals surface area contributed by atoms with E-state index in [1.807, 2.05) is 75.4 Å². The highest BCUT2D eigenvalue weighted by molar-refractivity contribution is 9.10. The highest BCUT2D eigenvalue weighted by Gasteiger charge is 2.35. The minimum absolute atomic E-state index is 0.00543. The van der Waals surface area contributed by atoms with Crippen LogP contribution in [0.4, 0.5) is 5.69 Å². The van der Waals surface area contributed by atoms with Crippen molar-refractivity contribution >= 4 is 66.7 Å². The summed E-state index contributed by atoms with van der Waals surface area (Å²) in [5.41, 5.74) is 2.66. The molecule has 0 aliphatic carbocycles. The van der Waals surface area contributed by atoms with E-state index in [9.17, 15) is 18.0 Å². The van der Waals surface area contributed by atoms with Crippen molar-refractivity contribution in [3.8, 4) is 0 Å². The SMILES string of the molecule is CC[C@H](C)NC(=O)[C@H](Cc1ccccc1)N(Cc1cccc(Br)c1)C(=O)CN(c1ccc(Cl)c(Cl)c1)S(=O)(=O)c1ccc(C)cc1. The Bertz CT molecular complexity index is 1770. The van der Waals surface area contributed by atoms with Gasteiger partial charge in [-0.3, -0.25) is 13.9 Å². The summed E-state index contributed by atoms with van der Waals surface area (Å²) in [6.45, 7) is 5.19. The van der Waals surface area contributed by atoms with E-state index in [2.05, 4.69) is 21.2 Å². The molecule has 4 aromatic carbocycles. The third kappa shape index (κ3) is 9.12. The topological polar surface area (TPSA) is 86.8 Å². The molecule has 2 atom stereocenters. The number of benzene rings is 4. The predicted molar refractivity (Wildman–Crippen MR) is 189 cm³/mol. The Morgan fingerprint density at radius 3 is 2.17 bits per heavy atom. The number of aryl methyl sites for hydroxylation is 1. The van der Waals surface area contributed by atoms with Crippen LogP contribution in [0.5, 0.6) is 0 Å². The van der Waals surface area contributed by atoms with Crippen LogP contribution in [0.2, 0.25) is 10.0 Å². The van der Waals surface area contributed by atoms with Crippen LogP contribution in [0.15, 0.2) is 106 Å². The third-order valence-corrected chi connectivity index (χ3v) is 10.6. The zero-order chi connectivity index (χ0) is 33.4. The van der Waals surface area contributed by atoms with Gasteiger partial charge in [0.25, 0.3) is 10.0 Å². The van der Waals surface area contributed by atoms with Crippen molar-refractivity contribution in [2.45, 2.75) is 57.1 Å². The second-order valence-corrected chi connectivity index (χ2v) is 14.7. The van der Waals surface area contributed by atoms with Crippen molar-refractivity contribution in [1.82, 2.24) is 10.2 Å². The van der Waals surface area contributed by atoms with E-state index >= 15 is 0 Å². The number of amides is 2. The van der Waals surface area contributed by atoms with Crippen molar-refractivity contribution in [2.75, 3.05) is 10.8 Å². The monoisotopic (exact) mass is 743 g/mol. The lowest BCUT2D eigenvalue weighted by Crippen LogP contribution is -2.54. The van der Waals surface area contributed by atoms with Gasteiger partial charge in [-0.25, -0.2) is 8.42 Å². The lowest BCUT2D eigenvalue weighted by atomic mass is 10.0. The molecule has 0 radical (unpaired) electrons. The molecule has 0 heterocycles. The number of sulfonamides is 1. The highest BCUT2D eigenvalue weighted by atomic mass is 79.9. The molecule has 0 aliphatic heterocycles. The number of halogens is 3. The van der Waals surface area contributed by atoms with Gasteiger partial charge < -0.3 is 10.2 Å². The van der Waals surface area contributed by atoms with Crippen molar-refractivity contribution in [1.29, 1.82) is 0 Å². The average Bonchev–Trinajstić information content (AvgIpc) is 3.03. The van der Waals surface area contributed by atoms with Gasteiger partial charge in [0, 0.05) is 23.5 Å². The molecule has 7 nitrogen and oxygen atoms in total. The van der Waals surface area contributed by atoms with Crippen LogP contribution in [0.1, 0.15) is 37.0 Å². The van der Waals surface area contributed by atoms with E-state index in [1.165, 1.54) is 35.2 Å². The largest absolute Gasteiger partial charge is 0.352 e. The molecule has 242 valence electrons. The Morgan fingerprint density at radius 2 is 1.54 bits per heavy atom. The first kappa shape index (κ1) is 35.5. The Morgan fingerprint density at radius 1 is 0.870 bits per heavy atom. The number of anilines is 1. The number of rotatable bonds is 13. The van der Waals surface area contributed by atoms with Gasteiger partial charge in [0.1, 0.15) is 12.6 Å². The Hall–Kier alpha value is -3.37. The summed E-state index contributed by atoms with van der Waals surface area (Å²) in [4.78, 5) is 30.0. The van der Waals surface area contributed by atoms with Gasteiger partial charge in [0.05, 0.1) is 20.6 Å². The molecule has 11 heteroatoms. The van der Waals surface area contributed by atoms with E-state index < -0.39 is 28.5 Å². The quantitative estimate of drug-likeness (QED) is 0.151. The molecular formula is C35H36BrCl2N3O4S. The first-order chi connectivity index (χ1) is 21.9. The number of nitrogens with zero attached hydrogens (tertiary/aromatic N) is 2. The maximum atomic E-state index is 14.6. The van der Waals surface area contributed by atoms with Gasteiger partial charge in [-0.15, -0.1) is 0 Å². The molecule has 0 saturated carbocycles. The fraction of sp³-hybridized carbons (Fsp3) is 0.257. The molecule has 1 N–H and O–H groups in total. The fourth-order valence-electron chi connectivity index (χ4n) is 4.83. The van der Waals surface area contributed by atoms with E-state index in [0.717, 1.165) is 25.5 Å². The standard InChI is InChI=1S/C35H36BrCl2N3O4S/c1-4-25(3)39-35(43)33(20-26-9-6-5-7-10-26)40(22-27-11-8-12-28(36)19-27)34(42)23-41(29-15-18-31(37)32(38)21-29)46(44,45)30-16-13-24(2)14-17-30/h5-19,21,25,33H,4,20,22-23H2,1-3H3,(H,39,43)/t25-,33-/m0/s1. The molecule has 0 unspecified atom stereocenters. The van der Waals surface area contributed by atoms with Crippen molar-refractivity contribution in [3.63, 3.8) is 0 Å². The fourth-order valence-corrected chi connectivity index (χ4v) is 6.98. The molecule has 0 aromatic heterocycles. The van der Waals surface area contributed by atoms with Crippen LogP contribution in [0, 0.1) is 6.92 Å². The molecule has 0 fully saturated rings. The molecule has 4 aromatic rings. The van der Waals surface area contributed by atoms with Gasteiger partial charge in [0.15, 0.2) is 0 Å². The van der Waals surface area contributed by atoms with E-state index in [-0.39, 0.29) is 45.5 Å². The van der Waals surface area contributed by atoms with Crippen LogP contribution in [0.25, 0.3) is 0 Å². The van der Waals surface area contributed by atoms with Crippen LogP contribution >= 0.6 is 39.1 Å². The summed E-state index contributed by atoms with van der Waals surface area (Å²) in [6, 6.07) is 26.6. The normalized spacial score (nSPS) is 12.7. The third-order valence-electron chi connectivity index (χ3n) is 7.59. The summed E-state index contributed by atoms with van der Waals surface area (Å²) in [5.74, 6) is -0.897. The summed E-state index contributed by atoms with van der Waals surface area (Å²) in [6.07, 6.45) is 0.920. The van der Waals surface area contributed by atoms with E-state index in [0.29, 0.717) is 6.42 Å². The number of carbonyl (C=O) groups excluding carboxylic acids is 2. The summed E-state index contributed by atoms with van der Waals surface area (Å²) in [5, 5.41) is 3.41. The summed E-state index contributed by atoms with van der Waals surface area (Å²) < 4.78 is 30.2. The Labute approximate surface area is 289 Å². The molecule has 0 bridgehead atoms. The van der Waals surface area contributed by atoms with Gasteiger partial charge in [-0.05, 0) is 73.9 Å². The molecule has 0 saturated heterocycles. The average molecular weight is 746 g/mol. The van der Waals surface area contributed by atoms with Gasteiger partial charge in [-0.2, -0.15) is 0 Å². The zero-order valence-corrected chi connectivity index (χ0v) is 29.7. The van der Waals surface area contributed by atoms with E-state index in [1.54, 1.807) is 12.1 Å². The number of nitrogens with one attached hydrogen (secondary N) is 1. The molecule has 0 aliphatic rings. The summed E-state index contributed by atoms with van der Waals surface area (Å²) in [7, 11) is -4.26. The van der Waals surface area contributed by atoms with Crippen LogP contribution in [-0.4, -0.2) is 43.8 Å². The lowest BCUT2D eigenvalue weighted by molar-refractivity contribution is -0.140. The maximum Gasteiger partial charge on any atom is 0.264 e. The zero-order valence-electron chi connectivity index (χ0n) is 25.8. The number of carbonyl (C=O) groups is 2. The van der Waals surface area contributed by atoms with Crippen molar-refractivity contribution in [2.24, 2.45) is 0 Å². The molecule has 46 heavy (non-hydrogen) atoms. The lowest BCUT2D eigenvalue weighted by Gasteiger charge is -2.34. The Balaban J connectivity index is 1.83. The first-order valence-electron chi connectivity index (χ1n) is 14.8. The van der Waals surface area contributed by atoms with Gasteiger partial charge in [0.2, 0.25) is 11.8 Å². The smallest absolute Gasteiger partial charge is 0.264 e. The van der Waals surface area contributed by atoms with Crippen LogP contribution in [-0.2, 0) is 32.6 Å².